The van der Waals surface area contributed by atoms with Gasteiger partial charge in [-0.2, -0.15) is 13.2 Å². The average molecular weight is 384 g/mol. The maximum atomic E-state index is 12.5. The lowest BCUT2D eigenvalue weighted by Crippen LogP contribution is -2.54. The molecule has 0 aromatic carbocycles. The molecule has 7 nitrogen and oxygen atoms in total. The fourth-order valence-corrected chi connectivity index (χ4v) is 3.17. The van der Waals surface area contributed by atoms with E-state index in [4.69, 9.17) is 0 Å². The number of hydrogen-bond acceptors (Lipinski definition) is 4. The first-order chi connectivity index (χ1) is 12.8. The second-order valence-electron chi connectivity index (χ2n) is 6.51. The summed E-state index contributed by atoms with van der Waals surface area (Å²) in [4.78, 5) is 44.5. The number of carbonyl (C=O) groups is 3. The Morgan fingerprint density at radius 3 is 1.81 bits per heavy atom. The van der Waals surface area contributed by atoms with E-state index >= 15 is 0 Å². The molecule has 0 saturated carbocycles. The Bertz CT molecular complexity index is 722. The van der Waals surface area contributed by atoms with Crippen LogP contribution < -0.4 is 0 Å². The third-order valence-electron chi connectivity index (χ3n) is 4.73. The quantitative estimate of drug-likeness (QED) is 0.678. The topological polar surface area (TPSA) is 73.8 Å². The second kappa shape index (κ2) is 7.53. The first kappa shape index (κ1) is 19.1. The summed E-state index contributed by atoms with van der Waals surface area (Å²) in [6.45, 7) is 2.00. The van der Waals surface area contributed by atoms with Gasteiger partial charge < -0.3 is 14.7 Å². The zero-order chi connectivity index (χ0) is 19.6. The largest absolute Gasteiger partial charge is 0.433 e. The molecule has 10 heteroatoms. The van der Waals surface area contributed by atoms with Gasteiger partial charge in [-0.15, -0.1) is 0 Å². The van der Waals surface area contributed by atoms with Crippen molar-refractivity contribution in [3.8, 4) is 0 Å². The Kier molecular flexibility index (Phi) is 5.33. The molecule has 0 atom stereocenters. The number of amides is 3. The molecule has 0 N–H and O–H groups in total. The number of hydrogen-bond donors (Lipinski definition) is 0. The maximum Gasteiger partial charge on any atom is 0.433 e. The summed E-state index contributed by atoms with van der Waals surface area (Å²) >= 11 is 0. The first-order valence-corrected chi connectivity index (χ1v) is 8.68. The highest BCUT2D eigenvalue weighted by atomic mass is 19.4. The standard InChI is InChI=1S/C17H19F3N4O3/c18-17(19,20)13-4-3-12(11-21-13)14(25)23-7-9-24(10-8-23)16(27)15(26)22-5-1-2-6-22/h3-4,11H,1-2,5-10H2. The van der Waals surface area contributed by atoms with Crippen molar-refractivity contribution in [2.75, 3.05) is 39.3 Å². The van der Waals surface area contributed by atoms with Crippen LogP contribution >= 0.6 is 0 Å². The van der Waals surface area contributed by atoms with Gasteiger partial charge in [-0.05, 0) is 25.0 Å². The second-order valence-corrected chi connectivity index (χ2v) is 6.51. The fraction of sp³-hybridized carbons (Fsp3) is 0.529. The summed E-state index contributed by atoms with van der Waals surface area (Å²) in [6, 6.07) is 1.86. The van der Waals surface area contributed by atoms with Gasteiger partial charge in [-0.1, -0.05) is 0 Å². The number of aromatic nitrogens is 1. The van der Waals surface area contributed by atoms with E-state index in [1.54, 1.807) is 0 Å². The summed E-state index contributed by atoms with van der Waals surface area (Å²) < 4.78 is 37.6. The Hall–Kier alpha value is -2.65. The number of alkyl halides is 3. The lowest BCUT2D eigenvalue weighted by atomic mass is 10.2. The van der Waals surface area contributed by atoms with Crippen LogP contribution in [0.4, 0.5) is 13.2 Å². The van der Waals surface area contributed by atoms with Crippen LogP contribution in [0.15, 0.2) is 18.3 Å². The minimum atomic E-state index is -4.56. The van der Waals surface area contributed by atoms with Crippen LogP contribution in [-0.4, -0.2) is 76.7 Å². The van der Waals surface area contributed by atoms with Gasteiger partial charge in [0.2, 0.25) is 0 Å². The summed E-state index contributed by atoms with van der Waals surface area (Å²) in [5, 5.41) is 0. The van der Waals surface area contributed by atoms with E-state index in [0.29, 0.717) is 13.1 Å². The van der Waals surface area contributed by atoms with Crippen molar-refractivity contribution in [1.82, 2.24) is 19.7 Å². The van der Waals surface area contributed by atoms with Crippen LogP contribution in [0.5, 0.6) is 0 Å². The normalized spacial score (nSPS) is 18.0. The van der Waals surface area contributed by atoms with E-state index in [2.05, 4.69) is 4.98 Å². The molecule has 2 aliphatic heterocycles. The van der Waals surface area contributed by atoms with Crippen LogP contribution in [0.3, 0.4) is 0 Å². The van der Waals surface area contributed by atoms with Crippen molar-refractivity contribution in [2.45, 2.75) is 19.0 Å². The molecule has 2 saturated heterocycles. The van der Waals surface area contributed by atoms with Crippen LogP contribution in [-0.2, 0) is 15.8 Å². The summed E-state index contributed by atoms with van der Waals surface area (Å²) in [7, 11) is 0. The highest BCUT2D eigenvalue weighted by Gasteiger charge is 2.34. The van der Waals surface area contributed by atoms with Crippen LogP contribution in [0.2, 0.25) is 0 Å². The molecule has 3 rings (SSSR count). The van der Waals surface area contributed by atoms with Crippen molar-refractivity contribution in [3.63, 3.8) is 0 Å². The third-order valence-corrected chi connectivity index (χ3v) is 4.73. The molecular formula is C17H19F3N4O3. The Balaban J connectivity index is 1.56. The molecule has 3 amide bonds. The van der Waals surface area contributed by atoms with E-state index in [9.17, 15) is 27.6 Å². The van der Waals surface area contributed by atoms with Gasteiger partial charge in [0.05, 0.1) is 5.56 Å². The molecule has 146 valence electrons. The van der Waals surface area contributed by atoms with Crippen LogP contribution in [0, 0.1) is 0 Å². The number of rotatable bonds is 1. The Morgan fingerprint density at radius 1 is 0.815 bits per heavy atom. The smallest absolute Gasteiger partial charge is 0.335 e. The van der Waals surface area contributed by atoms with Gasteiger partial charge in [0.25, 0.3) is 5.91 Å². The molecule has 1 aromatic heterocycles. The molecule has 2 fully saturated rings. The molecule has 0 radical (unpaired) electrons. The summed E-state index contributed by atoms with van der Waals surface area (Å²) in [6.07, 6.45) is -1.88. The monoisotopic (exact) mass is 384 g/mol. The minimum Gasteiger partial charge on any atom is -0.335 e. The van der Waals surface area contributed by atoms with Gasteiger partial charge >= 0.3 is 18.0 Å². The fourth-order valence-electron chi connectivity index (χ4n) is 3.17. The lowest BCUT2D eigenvalue weighted by Gasteiger charge is -2.35. The van der Waals surface area contributed by atoms with Crippen molar-refractivity contribution in [2.24, 2.45) is 0 Å². The average Bonchev–Trinajstić information content (AvgIpc) is 3.20. The molecule has 3 heterocycles. The molecule has 0 spiro atoms. The van der Waals surface area contributed by atoms with Crippen molar-refractivity contribution in [1.29, 1.82) is 0 Å². The number of piperazine rings is 1. The predicted molar refractivity (Wildman–Crippen MR) is 87.5 cm³/mol. The third kappa shape index (κ3) is 4.20. The van der Waals surface area contributed by atoms with E-state index in [1.165, 1.54) is 14.7 Å². The van der Waals surface area contributed by atoms with Crippen LogP contribution in [0.25, 0.3) is 0 Å². The van der Waals surface area contributed by atoms with E-state index < -0.39 is 29.6 Å². The van der Waals surface area contributed by atoms with E-state index in [-0.39, 0.29) is 31.7 Å². The number of carbonyl (C=O) groups excluding carboxylic acids is 3. The molecule has 2 aliphatic rings. The number of halogens is 3. The van der Waals surface area contributed by atoms with Gasteiger partial charge in [0.15, 0.2) is 0 Å². The molecular weight excluding hydrogens is 365 g/mol. The van der Waals surface area contributed by atoms with Crippen molar-refractivity contribution in [3.05, 3.63) is 29.6 Å². The Labute approximate surface area is 153 Å². The highest BCUT2D eigenvalue weighted by molar-refractivity contribution is 6.35. The minimum absolute atomic E-state index is 0.0518. The summed E-state index contributed by atoms with van der Waals surface area (Å²) in [5.41, 5.74) is -1.01. The first-order valence-electron chi connectivity index (χ1n) is 8.68. The SMILES string of the molecule is O=C(C(=O)N1CCN(C(=O)c2ccc(C(F)(F)F)nc2)CC1)N1CCCC1. The van der Waals surface area contributed by atoms with Gasteiger partial charge in [-0.3, -0.25) is 19.4 Å². The van der Waals surface area contributed by atoms with E-state index in [0.717, 1.165) is 31.2 Å². The van der Waals surface area contributed by atoms with Crippen LogP contribution in [0.1, 0.15) is 28.9 Å². The zero-order valence-electron chi connectivity index (χ0n) is 14.5. The number of pyridine rings is 1. The molecule has 1 aromatic rings. The summed E-state index contributed by atoms with van der Waals surface area (Å²) in [5.74, 6) is -1.53. The van der Waals surface area contributed by atoms with Crippen molar-refractivity contribution < 1.29 is 27.6 Å². The molecule has 0 unspecified atom stereocenters. The molecule has 0 aliphatic carbocycles. The molecule has 0 bridgehead atoms. The Morgan fingerprint density at radius 2 is 1.33 bits per heavy atom. The lowest BCUT2D eigenvalue weighted by molar-refractivity contribution is -0.152. The number of nitrogens with zero attached hydrogens (tertiary/aromatic N) is 4. The highest BCUT2D eigenvalue weighted by Crippen LogP contribution is 2.27. The van der Waals surface area contributed by atoms with Crippen molar-refractivity contribution >= 4 is 17.7 Å². The van der Waals surface area contributed by atoms with Gasteiger partial charge in [-0.25, -0.2) is 0 Å². The van der Waals surface area contributed by atoms with Gasteiger partial charge in [0.1, 0.15) is 5.69 Å². The zero-order valence-corrected chi connectivity index (χ0v) is 14.5. The maximum absolute atomic E-state index is 12.5. The molecule has 27 heavy (non-hydrogen) atoms. The predicted octanol–water partition coefficient (Wildman–Crippen LogP) is 1.01. The van der Waals surface area contributed by atoms with Gasteiger partial charge in [0, 0.05) is 45.5 Å². The van der Waals surface area contributed by atoms with E-state index in [1.807, 2.05) is 0 Å². The number of likely N-dealkylation sites (tertiary alicyclic amines) is 1.